The molecule has 0 unspecified atom stereocenters. The Hall–Kier alpha value is -1.63. The highest BCUT2D eigenvalue weighted by atomic mass is 31.2. The van der Waals surface area contributed by atoms with Crippen LogP contribution in [-0.4, -0.2) is 25.5 Å². The van der Waals surface area contributed by atoms with Crippen molar-refractivity contribution in [2.45, 2.75) is 19.6 Å². The number of allylic oxidation sites excluding steroid dienone is 1. The number of nitrogens with zero attached hydrogens (tertiary/aromatic N) is 1. The van der Waals surface area contributed by atoms with Gasteiger partial charge in [-0.2, -0.15) is 0 Å². The number of aromatic amines is 1. The van der Waals surface area contributed by atoms with Crippen molar-refractivity contribution in [3.8, 4) is 0 Å². The summed E-state index contributed by atoms with van der Waals surface area (Å²) in [5.41, 5.74) is -0.735. The van der Waals surface area contributed by atoms with Crippen molar-refractivity contribution in [2.24, 2.45) is 0 Å². The Balaban J connectivity index is 2.20. The second-order valence-corrected chi connectivity index (χ2v) is 5.93. The van der Waals surface area contributed by atoms with Crippen molar-refractivity contribution < 1.29 is 19.1 Å². The lowest BCUT2D eigenvalue weighted by molar-refractivity contribution is 0.0786. The molecule has 0 saturated carbocycles. The van der Waals surface area contributed by atoms with Crippen LogP contribution in [0, 0.1) is 6.92 Å². The molecule has 1 atom stereocenters. The Morgan fingerprint density at radius 2 is 2.21 bits per heavy atom. The lowest BCUT2D eigenvalue weighted by Crippen LogP contribution is -2.33. The van der Waals surface area contributed by atoms with E-state index in [9.17, 15) is 14.2 Å². The zero-order valence-electron chi connectivity index (χ0n) is 10.1. The van der Waals surface area contributed by atoms with Crippen LogP contribution in [0.4, 0.5) is 0 Å². The van der Waals surface area contributed by atoms with Gasteiger partial charge in [0.2, 0.25) is 0 Å². The van der Waals surface area contributed by atoms with Crippen molar-refractivity contribution in [1.82, 2.24) is 9.55 Å². The summed E-state index contributed by atoms with van der Waals surface area (Å²) < 4.78 is 17.4. The molecule has 1 aliphatic rings. The first-order chi connectivity index (χ1) is 8.76. The first-order valence-electron chi connectivity index (χ1n) is 5.48. The molecule has 0 saturated heterocycles. The van der Waals surface area contributed by atoms with Crippen LogP contribution in [0.25, 0.3) is 0 Å². The second kappa shape index (κ2) is 4.80. The highest BCUT2D eigenvalue weighted by Crippen LogP contribution is 2.40. The summed E-state index contributed by atoms with van der Waals surface area (Å²) in [5, 5.41) is 0. The number of hydrogen-bond acceptors (Lipinski definition) is 4. The average Bonchev–Trinajstić information content (AvgIpc) is 2.69. The predicted molar refractivity (Wildman–Crippen MR) is 65.8 cm³/mol. The van der Waals surface area contributed by atoms with E-state index in [1.807, 2.05) is 0 Å². The molecule has 9 heteroatoms. The molecule has 0 amide bonds. The fraction of sp³-hybridized carbons (Fsp3) is 0.400. The van der Waals surface area contributed by atoms with Crippen LogP contribution >= 0.6 is 7.60 Å². The van der Waals surface area contributed by atoms with E-state index in [4.69, 9.17) is 14.5 Å². The Labute approximate surface area is 107 Å². The van der Waals surface area contributed by atoms with Crippen molar-refractivity contribution in [2.75, 3.05) is 6.16 Å². The van der Waals surface area contributed by atoms with Gasteiger partial charge >= 0.3 is 13.3 Å². The molecule has 3 N–H and O–H groups in total. The van der Waals surface area contributed by atoms with Gasteiger partial charge in [-0.05, 0) is 13.0 Å². The number of ether oxygens (including phenoxy) is 1. The fourth-order valence-electron chi connectivity index (χ4n) is 1.78. The molecule has 0 aliphatic carbocycles. The first-order valence-corrected chi connectivity index (χ1v) is 7.28. The molecule has 19 heavy (non-hydrogen) atoms. The van der Waals surface area contributed by atoms with Crippen LogP contribution in [-0.2, 0) is 9.30 Å². The molecule has 0 spiro atoms. The molecular formula is C10H13N2O6P. The van der Waals surface area contributed by atoms with E-state index < -0.39 is 31.2 Å². The van der Waals surface area contributed by atoms with Crippen LogP contribution in [0.15, 0.2) is 27.6 Å². The fourth-order valence-corrected chi connectivity index (χ4v) is 2.39. The summed E-state index contributed by atoms with van der Waals surface area (Å²) in [7, 11) is -4.20. The summed E-state index contributed by atoms with van der Waals surface area (Å²) in [6, 6.07) is 0. The van der Waals surface area contributed by atoms with Gasteiger partial charge in [-0.3, -0.25) is 18.9 Å². The number of aromatic nitrogens is 2. The van der Waals surface area contributed by atoms with E-state index in [0.717, 1.165) is 0 Å². The van der Waals surface area contributed by atoms with Crippen molar-refractivity contribution in [1.29, 1.82) is 0 Å². The smallest absolute Gasteiger partial charge is 0.333 e. The largest absolute Gasteiger partial charge is 0.474 e. The van der Waals surface area contributed by atoms with Gasteiger partial charge in [0.1, 0.15) is 11.9 Å². The summed E-state index contributed by atoms with van der Waals surface area (Å²) in [5.74, 6) is 0.147. The van der Waals surface area contributed by atoms with E-state index in [0.29, 0.717) is 12.0 Å². The third-order valence-electron chi connectivity index (χ3n) is 2.65. The number of aryl methyl sites for hydroxylation is 1. The van der Waals surface area contributed by atoms with Gasteiger partial charge in [-0.1, -0.05) is 0 Å². The average molecular weight is 288 g/mol. The lowest BCUT2D eigenvalue weighted by atomic mass is 10.3. The zero-order valence-corrected chi connectivity index (χ0v) is 11.0. The molecule has 0 aromatic carbocycles. The summed E-state index contributed by atoms with van der Waals surface area (Å²) in [6.07, 6.45) is 2.00. The maximum Gasteiger partial charge on any atom is 0.333 e. The molecule has 2 heterocycles. The SMILES string of the molecule is Cc1cn([C@H]2CC=C(CP(=O)(O)O)O2)c(=O)[nH]c1=O. The third kappa shape index (κ3) is 3.23. The van der Waals surface area contributed by atoms with Crippen LogP contribution in [0.3, 0.4) is 0 Å². The Kier molecular flexibility index (Phi) is 3.49. The quantitative estimate of drug-likeness (QED) is 0.664. The summed E-state index contributed by atoms with van der Waals surface area (Å²) in [4.78, 5) is 42.7. The van der Waals surface area contributed by atoms with E-state index in [2.05, 4.69) is 4.98 Å². The van der Waals surface area contributed by atoms with E-state index >= 15 is 0 Å². The third-order valence-corrected chi connectivity index (χ3v) is 3.38. The van der Waals surface area contributed by atoms with Gasteiger partial charge < -0.3 is 14.5 Å². The minimum atomic E-state index is -4.20. The molecule has 0 fully saturated rings. The highest BCUT2D eigenvalue weighted by Gasteiger charge is 2.26. The molecule has 0 radical (unpaired) electrons. The van der Waals surface area contributed by atoms with E-state index in [1.165, 1.54) is 16.8 Å². The van der Waals surface area contributed by atoms with Gasteiger partial charge in [0.05, 0.1) is 0 Å². The Bertz CT molecular complexity index is 682. The van der Waals surface area contributed by atoms with Crippen molar-refractivity contribution >= 4 is 7.60 Å². The van der Waals surface area contributed by atoms with Crippen LogP contribution in [0.5, 0.6) is 0 Å². The second-order valence-electron chi connectivity index (χ2n) is 4.28. The molecule has 104 valence electrons. The van der Waals surface area contributed by atoms with E-state index in [-0.39, 0.29) is 5.76 Å². The van der Waals surface area contributed by atoms with Gasteiger partial charge in [-0.15, -0.1) is 0 Å². The topological polar surface area (TPSA) is 122 Å². The van der Waals surface area contributed by atoms with Crippen LogP contribution in [0.2, 0.25) is 0 Å². The molecule has 8 nitrogen and oxygen atoms in total. The maximum atomic E-state index is 11.6. The van der Waals surface area contributed by atoms with Crippen molar-refractivity contribution in [3.63, 3.8) is 0 Å². The highest BCUT2D eigenvalue weighted by molar-refractivity contribution is 7.52. The summed E-state index contributed by atoms with van der Waals surface area (Å²) in [6.45, 7) is 1.55. The van der Waals surface area contributed by atoms with E-state index in [1.54, 1.807) is 6.92 Å². The molecule has 1 aliphatic heterocycles. The van der Waals surface area contributed by atoms with Gasteiger partial charge in [0.15, 0.2) is 6.23 Å². The van der Waals surface area contributed by atoms with Gasteiger partial charge in [0, 0.05) is 18.2 Å². The summed E-state index contributed by atoms with van der Waals surface area (Å²) >= 11 is 0. The normalized spacial score (nSPS) is 19.1. The maximum absolute atomic E-state index is 11.6. The van der Waals surface area contributed by atoms with Crippen molar-refractivity contribution in [3.05, 3.63) is 44.4 Å². The standard InChI is InChI=1S/C10H13N2O6P/c1-6-4-12(10(14)11-9(6)13)8-3-2-7(18-8)5-19(15,16)17/h2,4,8H,3,5H2,1H3,(H,11,13,14)(H2,15,16,17)/t8-/m1/s1. The molecular weight excluding hydrogens is 275 g/mol. The Morgan fingerprint density at radius 3 is 2.84 bits per heavy atom. The zero-order chi connectivity index (χ0) is 14.2. The predicted octanol–water partition coefficient (Wildman–Crippen LogP) is -0.174. The number of nitrogens with one attached hydrogen (secondary N) is 1. The molecule has 2 rings (SSSR count). The van der Waals surface area contributed by atoms with Crippen LogP contribution < -0.4 is 11.2 Å². The monoisotopic (exact) mass is 288 g/mol. The Morgan fingerprint density at radius 1 is 1.53 bits per heavy atom. The van der Waals surface area contributed by atoms with Gasteiger partial charge in [-0.25, -0.2) is 4.79 Å². The molecule has 1 aromatic rings. The molecule has 1 aromatic heterocycles. The number of H-pyrrole nitrogens is 1. The number of rotatable bonds is 3. The van der Waals surface area contributed by atoms with Gasteiger partial charge in [0.25, 0.3) is 5.56 Å². The minimum absolute atomic E-state index is 0.147. The number of hydrogen-bond donors (Lipinski definition) is 3. The molecule has 0 bridgehead atoms. The first kappa shape index (κ1) is 13.8. The van der Waals surface area contributed by atoms with Crippen LogP contribution in [0.1, 0.15) is 18.2 Å². The minimum Gasteiger partial charge on any atom is -0.474 e. The lowest BCUT2D eigenvalue weighted by Gasteiger charge is -2.16.